The van der Waals surface area contributed by atoms with Crippen LogP contribution in [0.15, 0.2) is 60.8 Å². The molecule has 0 saturated carbocycles. The summed E-state index contributed by atoms with van der Waals surface area (Å²) in [5.74, 6) is 0.362. The molecule has 134 valence electrons. The number of pyridine rings is 1. The molecule has 0 bridgehead atoms. The summed E-state index contributed by atoms with van der Waals surface area (Å²) in [6, 6.07) is 17.0. The predicted octanol–water partition coefficient (Wildman–Crippen LogP) is 4.93. The number of ether oxygens (including phenoxy) is 1. The summed E-state index contributed by atoms with van der Waals surface area (Å²) in [5, 5.41) is 3.66. The normalized spacial score (nSPS) is 10.7. The van der Waals surface area contributed by atoms with Gasteiger partial charge in [-0.25, -0.2) is 4.98 Å². The van der Waals surface area contributed by atoms with Crippen molar-refractivity contribution >= 4 is 33.1 Å². The van der Waals surface area contributed by atoms with Crippen molar-refractivity contribution in [2.24, 2.45) is 0 Å². The van der Waals surface area contributed by atoms with Crippen LogP contribution < -0.4 is 10.1 Å². The smallest absolute Gasteiger partial charge is 0.258 e. The lowest BCUT2D eigenvalue weighted by molar-refractivity contribution is 0.102. The van der Waals surface area contributed by atoms with E-state index in [-0.39, 0.29) is 5.91 Å². The Morgan fingerprint density at radius 1 is 1.11 bits per heavy atom. The molecule has 0 saturated heterocycles. The van der Waals surface area contributed by atoms with E-state index in [0.717, 1.165) is 20.8 Å². The molecule has 0 aliphatic heterocycles. The number of hydrogen-bond acceptors (Lipinski definition) is 5. The molecule has 2 aromatic heterocycles. The quantitative estimate of drug-likeness (QED) is 0.549. The van der Waals surface area contributed by atoms with Crippen LogP contribution in [-0.4, -0.2) is 23.0 Å². The summed E-state index contributed by atoms with van der Waals surface area (Å²) in [5.41, 5.74) is 3.60. The van der Waals surface area contributed by atoms with E-state index in [2.05, 4.69) is 15.3 Å². The topological polar surface area (TPSA) is 64.1 Å². The van der Waals surface area contributed by atoms with Crippen LogP contribution in [0.2, 0.25) is 0 Å². The molecule has 6 heteroatoms. The van der Waals surface area contributed by atoms with E-state index in [1.54, 1.807) is 25.4 Å². The van der Waals surface area contributed by atoms with Crippen LogP contribution in [0.3, 0.4) is 0 Å². The van der Waals surface area contributed by atoms with Crippen LogP contribution >= 0.6 is 11.3 Å². The molecule has 2 aromatic carbocycles. The van der Waals surface area contributed by atoms with Crippen molar-refractivity contribution in [3.05, 3.63) is 71.9 Å². The highest BCUT2D eigenvalue weighted by molar-refractivity contribution is 7.21. The second kappa shape index (κ2) is 7.17. The number of rotatable bonds is 4. The Balaban J connectivity index is 1.72. The van der Waals surface area contributed by atoms with Crippen LogP contribution in [-0.2, 0) is 0 Å². The van der Waals surface area contributed by atoms with Gasteiger partial charge in [0.25, 0.3) is 5.91 Å². The maximum atomic E-state index is 13.0. The summed E-state index contributed by atoms with van der Waals surface area (Å²) in [4.78, 5) is 22.0. The fourth-order valence-corrected chi connectivity index (χ4v) is 3.82. The molecule has 0 aliphatic rings. The van der Waals surface area contributed by atoms with Crippen molar-refractivity contribution in [2.45, 2.75) is 6.92 Å². The van der Waals surface area contributed by atoms with Gasteiger partial charge in [0.05, 0.1) is 28.6 Å². The SMILES string of the molecule is COc1ccc(C)cc1NC(=O)c1cccnc1-c1nc2ccccc2s1. The number of nitrogens with one attached hydrogen (secondary N) is 1. The van der Waals surface area contributed by atoms with Crippen LogP contribution in [0.5, 0.6) is 5.75 Å². The number of methoxy groups -OCH3 is 1. The molecule has 1 amide bonds. The molecule has 4 rings (SSSR count). The highest BCUT2D eigenvalue weighted by atomic mass is 32.1. The Morgan fingerprint density at radius 2 is 1.96 bits per heavy atom. The number of amides is 1. The molecule has 2 heterocycles. The standard InChI is InChI=1S/C21H17N3O2S/c1-13-9-10-17(26-2)16(12-13)23-20(25)14-6-5-11-22-19(14)21-24-15-7-3-4-8-18(15)27-21/h3-12H,1-2H3,(H,23,25). The number of nitrogens with zero attached hydrogens (tertiary/aromatic N) is 2. The number of aromatic nitrogens is 2. The first kappa shape index (κ1) is 17.2. The van der Waals surface area contributed by atoms with Gasteiger partial charge in [-0.05, 0) is 48.9 Å². The molecule has 27 heavy (non-hydrogen) atoms. The molecule has 0 spiro atoms. The zero-order valence-electron chi connectivity index (χ0n) is 14.9. The van der Waals surface area contributed by atoms with E-state index in [1.165, 1.54) is 11.3 Å². The Kier molecular flexibility index (Phi) is 4.56. The minimum absolute atomic E-state index is 0.249. The number of carbonyl (C=O) groups is 1. The minimum Gasteiger partial charge on any atom is -0.495 e. The third-order valence-corrected chi connectivity index (χ3v) is 5.20. The number of benzene rings is 2. The van der Waals surface area contributed by atoms with Crippen molar-refractivity contribution in [1.82, 2.24) is 9.97 Å². The fourth-order valence-electron chi connectivity index (χ4n) is 2.84. The molecule has 0 fully saturated rings. The highest BCUT2D eigenvalue weighted by Gasteiger charge is 2.18. The summed E-state index contributed by atoms with van der Waals surface area (Å²) < 4.78 is 6.41. The average Bonchev–Trinajstić information content (AvgIpc) is 3.12. The van der Waals surface area contributed by atoms with E-state index < -0.39 is 0 Å². The molecular weight excluding hydrogens is 358 g/mol. The van der Waals surface area contributed by atoms with Crippen LogP contribution in [0.25, 0.3) is 20.9 Å². The number of anilines is 1. The van der Waals surface area contributed by atoms with Gasteiger partial charge in [-0.2, -0.15) is 0 Å². The summed E-state index contributed by atoms with van der Waals surface area (Å²) in [6.45, 7) is 1.96. The van der Waals surface area contributed by atoms with Crippen LogP contribution in [0, 0.1) is 6.92 Å². The van der Waals surface area contributed by atoms with Gasteiger partial charge in [0, 0.05) is 6.20 Å². The number of carbonyl (C=O) groups excluding carboxylic acids is 1. The molecule has 1 N–H and O–H groups in total. The predicted molar refractivity (Wildman–Crippen MR) is 109 cm³/mol. The average molecular weight is 375 g/mol. The molecule has 0 unspecified atom stereocenters. The lowest BCUT2D eigenvalue weighted by atomic mass is 10.1. The first-order chi connectivity index (χ1) is 13.2. The van der Waals surface area contributed by atoms with Crippen LogP contribution in [0.4, 0.5) is 5.69 Å². The monoisotopic (exact) mass is 375 g/mol. The number of fused-ring (bicyclic) bond motifs is 1. The van der Waals surface area contributed by atoms with E-state index in [0.29, 0.717) is 22.7 Å². The zero-order valence-corrected chi connectivity index (χ0v) is 15.7. The molecule has 5 nitrogen and oxygen atoms in total. The maximum Gasteiger partial charge on any atom is 0.258 e. The van der Waals surface area contributed by atoms with Gasteiger partial charge in [0.15, 0.2) is 0 Å². The lowest BCUT2D eigenvalue weighted by Gasteiger charge is -2.12. The lowest BCUT2D eigenvalue weighted by Crippen LogP contribution is -2.14. The van der Waals surface area contributed by atoms with Crippen molar-refractivity contribution in [3.8, 4) is 16.5 Å². The van der Waals surface area contributed by atoms with Gasteiger partial charge in [-0.15, -0.1) is 11.3 Å². The minimum atomic E-state index is -0.249. The summed E-state index contributed by atoms with van der Waals surface area (Å²) in [6.07, 6.45) is 1.67. The summed E-state index contributed by atoms with van der Waals surface area (Å²) in [7, 11) is 1.58. The van der Waals surface area contributed by atoms with Gasteiger partial charge in [-0.3, -0.25) is 9.78 Å². The second-order valence-electron chi connectivity index (χ2n) is 6.04. The molecule has 0 atom stereocenters. The first-order valence-corrected chi connectivity index (χ1v) is 9.24. The third kappa shape index (κ3) is 3.39. The summed E-state index contributed by atoms with van der Waals surface area (Å²) >= 11 is 1.52. The highest BCUT2D eigenvalue weighted by Crippen LogP contribution is 2.32. The van der Waals surface area contributed by atoms with Crippen molar-refractivity contribution in [2.75, 3.05) is 12.4 Å². The third-order valence-electron chi connectivity index (χ3n) is 4.15. The molecule has 0 radical (unpaired) electrons. The fraction of sp³-hybridized carbons (Fsp3) is 0.0952. The van der Waals surface area contributed by atoms with Gasteiger partial charge in [-0.1, -0.05) is 18.2 Å². The number of aryl methyl sites for hydroxylation is 1. The number of hydrogen-bond donors (Lipinski definition) is 1. The number of para-hydroxylation sites is 1. The molecule has 4 aromatic rings. The van der Waals surface area contributed by atoms with Gasteiger partial charge in [0.2, 0.25) is 0 Å². The Hall–Kier alpha value is -3.25. The zero-order chi connectivity index (χ0) is 18.8. The van der Waals surface area contributed by atoms with Crippen molar-refractivity contribution < 1.29 is 9.53 Å². The van der Waals surface area contributed by atoms with Gasteiger partial charge < -0.3 is 10.1 Å². The Bertz CT molecular complexity index is 1100. The van der Waals surface area contributed by atoms with Gasteiger partial charge >= 0.3 is 0 Å². The largest absolute Gasteiger partial charge is 0.495 e. The van der Waals surface area contributed by atoms with Crippen molar-refractivity contribution in [1.29, 1.82) is 0 Å². The first-order valence-electron chi connectivity index (χ1n) is 8.42. The Labute approximate surface area is 160 Å². The van der Waals surface area contributed by atoms with Crippen molar-refractivity contribution in [3.63, 3.8) is 0 Å². The van der Waals surface area contributed by atoms with Gasteiger partial charge in [0.1, 0.15) is 16.5 Å². The van der Waals surface area contributed by atoms with E-state index >= 15 is 0 Å². The second-order valence-corrected chi connectivity index (χ2v) is 7.07. The van der Waals surface area contributed by atoms with E-state index in [9.17, 15) is 4.79 Å². The van der Waals surface area contributed by atoms with Crippen LogP contribution in [0.1, 0.15) is 15.9 Å². The molecule has 0 aliphatic carbocycles. The van der Waals surface area contributed by atoms with E-state index in [1.807, 2.05) is 49.4 Å². The Morgan fingerprint density at radius 3 is 2.78 bits per heavy atom. The maximum absolute atomic E-state index is 13.0. The van der Waals surface area contributed by atoms with E-state index in [4.69, 9.17) is 4.74 Å². The number of thiazole rings is 1. The molecular formula is C21H17N3O2S.